The molecule has 2 atom stereocenters. The van der Waals surface area contributed by atoms with Crippen LogP contribution >= 0.6 is 7.82 Å². The summed E-state index contributed by atoms with van der Waals surface area (Å²) in [6.07, 6.45) is 38.6. The van der Waals surface area contributed by atoms with E-state index >= 15 is 0 Å². The van der Waals surface area contributed by atoms with Crippen molar-refractivity contribution in [1.29, 1.82) is 0 Å². The molecule has 3 N–H and O–H groups in total. The highest BCUT2D eigenvalue weighted by molar-refractivity contribution is 7.47. The van der Waals surface area contributed by atoms with E-state index in [-0.39, 0.29) is 32.3 Å². The van der Waals surface area contributed by atoms with Gasteiger partial charge in [0.05, 0.1) is 19.8 Å². The molecule has 0 saturated carbocycles. The van der Waals surface area contributed by atoms with Crippen LogP contribution in [0, 0.1) is 0 Å². The number of ether oxygens (including phenoxy) is 2. The van der Waals surface area contributed by atoms with Crippen LogP contribution in [0.25, 0.3) is 0 Å². The van der Waals surface area contributed by atoms with E-state index in [0.29, 0.717) is 13.0 Å². The summed E-state index contributed by atoms with van der Waals surface area (Å²) in [6, 6.07) is 0. The van der Waals surface area contributed by atoms with E-state index < -0.39 is 13.9 Å². The van der Waals surface area contributed by atoms with E-state index in [1.807, 2.05) is 0 Å². The molecule has 0 spiro atoms. The minimum absolute atomic E-state index is 0.0964. The van der Waals surface area contributed by atoms with Gasteiger partial charge in [0.25, 0.3) is 0 Å². The molecule has 0 bridgehead atoms. The minimum atomic E-state index is -4.27. The lowest BCUT2D eigenvalue weighted by molar-refractivity contribution is -0.154. The summed E-state index contributed by atoms with van der Waals surface area (Å²) in [7, 11) is -4.27. The van der Waals surface area contributed by atoms with Gasteiger partial charge in [-0.05, 0) is 64.2 Å². The number of carbonyl (C=O) groups excluding carboxylic acids is 1. The van der Waals surface area contributed by atoms with E-state index in [9.17, 15) is 14.3 Å². The number of phosphoric ester groups is 1. The Morgan fingerprint density at radius 2 is 1.15 bits per heavy atom. The fourth-order valence-corrected chi connectivity index (χ4v) is 5.71. The summed E-state index contributed by atoms with van der Waals surface area (Å²) in [5, 5.41) is 0. The fraction of sp³-hybridized carbons (Fsp3) is 0.816. The highest BCUT2D eigenvalue weighted by atomic mass is 31.2. The first-order chi connectivity index (χ1) is 22.9. The quantitative estimate of drug-likeness (QED) is 0.0290. The van der Waals surface area contributed by atoms with Crippen molar-refractivity contribution < 1.29 is 32.8 Å². The average Bonchev–Trinajstić information content (AvgIpc) is 3.06. The second-order valence-electron chi connectivity index (χ2n) is 12.4. The van der Waals surface area contributed by atoms with Crippen LogP contribution in [0.5, 0.6) is 0 Å². The van der Waals surface area contributed by atoms with Gasteiger partial charge in [-0.2, -0.15) is 0 Å². The lowest BCUT2D eigenvalue weighted by Gasteiger charge is -2.20. The second-order valence-corrected chi connectivity index (χ2v) is 13.9. The molecule has 0 aliphatic heterocycles. The van der Waals surface area contributed by atoms with Gasteiger partial charge < -0.3 is 20.1 Å². The molecule has 9 heteroatoms. The van der Waals surface area contributed by atoms with Gasteiger partial charge in [0.2, 0.25) is 0 Å². The lowest BCUT2D eigenvalue weighted by atomic mass is 10.1. The Balaban J connectivity index is 4.13. The molecule has 0 aliphatic rings. The number of phosphoric acid groups is 1. The van der Waals surface area contributed by atoms with Gasteiger partial charge >= 0.3 is 13.8 Å². The smallest absolute Gasteiger partial charge is 0.457 e. The fourth-order valence-electron chi connectivity index (χ4n) is 4.95. The standard InChI is InChI=1S/C38H72NO7P/c1-3-5-7-9-11-13-15-17-18-19-20-21-23-25-27-29-31-38(40)46-37(36-45-47(41,42)44-34-32-39)35-43-33-30-28-26-24-22-16-14-12-10-8-6-4-2/h10,12-13,15,18-19,37H,3-9,11,14,16-17,20-36,39H2,1-2H3,(H,41,42)/b12-10-,15-13-,19-18-. The number of unbranched alkanes of at least 4 members (excludes halogenated alkanes) is 17. The molecule has 8 nitrogen and oxygen atoms in total. The Morgan fingerprint density at radius 1 is 0.638 bits per heavy atom. The molecule has 276 valence electrons. The van der Waals surface area contributed by atoms with E-state index in [2.05, 4.69) is 50.3 Å². The molecule has 0 aromatic carbocycles. The van der Waals surface area contributed by atoms with Crippen molar-refractivity contribution in [2.75, 3.05) is 33.0 Å². The Hall–Kier alpha value is -1.28. The first-order valence-electron chi connectivity index (χ1n) is 19.0. The largest absolute Gasteiger partial charge is 0.472 e. The zero-order valence-electron chi connectivity index (χ0n) is 30.3. The molecule has 0 amide bonds. The van der Waals surface area contributed by atoms with E-state index in [4.69, 9.17) is 24.3 Å². The summed E-state index contributed by atoms with van der Waals surface area (Å²) in [5.41, 5.74) is 5.35. The third-order valence-corrected chi connectivity index (χ3v) is 8.76. The van der Waals surface area contributed by atoms with E-state index in [1.165, 1.54) is 83.5 Å². The molecule has 0 radical (unpaired) electrons. The number of hydrogen-bond donors (Lipinski definition) is 2. The first kappa shape index (κ1) is 45.7. The molecule has 2 unspecified atom stereocenters. The van der Waals surface area contributed by atoms with Crippen LogP contribution in [-0.2, 0) is 27.9 Å². The zero-order chi connectivity index (χ0) is 34.5. The van der Waals surface area contributed by atoms with Crippen LogP contribution < -0.4 is 5.73 Å². The van der Waals surface area contributed by atoms with Gasteiger partial charge in [-0.3, -0.25) is 13.8 Å². The molecule has 47 heavy (non-hydrogen) atoms. The summed E-state index contributed by atoms with van der Waals surface area (Å²) in [5.74, 6) is -0.348. The maximum absolute atomic E-state index is 12.5. The average molecular weight is 686 g/mol. The first-order valence-corrected chi connectivity index (χ1v) is 20.5. The Kier molecular flexibility index (Phi) is 35.0. The molecule has 0 rings (SSSR count). The summed E-state index contributed by atoms with van der Waals surface area (Å²) < 4.78 is 33.3. The van der Waals surface area contributed by atoms with Crippen LogP contribution in [0.15, 0.2) is 36.5 Å². The molecular formula is C38H72NO7P. The van der Waals surface area contributed by atoms with Crippen molar-refractivity contribution in [3.63, 3.8) is 0 Å². The maximum Gasteiger partial charge on any atom is 0.472 e. The summed E-state index contributed by atoms with van der Waals surface area (Å²) in [6.45, 7) is 4.83. The number of nitrogens with two attached hydrogens (primary N) is 1. The van der Waals surface area contributed by atoms with E-state index in [1.54, 1.807) is 0 Å². The lowest BCUT2D eigenvalue weighted by Crippen LogP contribution is -2.28. The highest BCUT2D eigenvalue weighted by Crippen LogP contribution is 2.43. The van der Waals surface area contributed by atoms with Crippen molar-refractivity contribution in [1.82, 2.24) is 0 Å². The Bertz CT molecular complexity index is 818. The molecule has 0 aromatic rings. The van der Waals surface area contributed by atoms with Crippen molar-refractivity contribution in [3.05, 3.63) is 36.5 Å². The Labute approximate surface area is 288 Å². The normalized spacial score (nSPS) is 14.0. The topological polar surface area (TPSA) is 117 Å². The van der Waals surface area contributed by atoms with Crippen LogP contribution in [-0.4, -0.2) is 49.9 Å². The monoisotopic (exact) mass is 686 g/mol. The van der Waals surface area contributed by atoms with Crippen LogP contribution in [0.4, 0.5) is 0 Å². The predicted octanol–water partition coefficient (Wildman–Crippen LogP) is 10.7. The van der Waals surface area contributed by atoms with Crippen LogP contribution in [0.3, 0.4) is 0 Å². The molecular weight excluding hydrogens is 613 g/mol. The number of allylic oxidation sites excluding steroid dienone is 6. The van der Waals surface area contributed by atoms with Crippen LogP contribution in [0.2, 0.25) is 0 Å². The minimum Gasteiger partial charge on any atom is -0.457 e. The van der Waals surface area contributed by atoms with Gasteiger partial charge in [-0.15, -0.1) is 0 Å². The molecule has 0 heterocycles. The van der Waals surface area contributed by atoms with Gasteiger partial charge in [0.1, 0.15) is 6.10 Å². The molecule has 0 aromatic heterocycles. The van der Waals surface area contributed by atoms with Gasteiger partial charge in [-0.25, -0.2) is 4.57 Å². The highest BCUT2D eigenvalue weighted by Gasteiger charge is 2.25. The maximum atomic E-state index is 12.5. The summed E-state index contributed by atoms with van der Waals surface area (Å²) in [4.78, 5) is 22.4. The van der Waals surface area contributed by atoms with Crippen LogP contribution in [0.1, 0.15) is 162 Å². The second kappa shape index (κ2) is 36.0. The zero-order valence-corrected chi connectivity index (χ0v) is 31.2. The third-order valence-electron chi connectivity index (χ3n) is 7.78. The summed E-state index contributed by atoms with van der Waals surface area (Å²) >= 11 is 0. The number of carbonyl (C=O) groups is 1. The van der Waals surface area contributed by atoms with Gasteiger partial charge in [-0.1, -0.05) is 127 Å². The molecule has 0 saturated heterocycles. The number of rotatable bonds is 36. The SMILES string of the molecule is CCCC/C=C\CCCCCCCCOCC(COP(=O)(O)OCCN)OC(=O)CCCCCCC/C=C\C/C=C\CCCCCC. The van der Waals surface area contributed by atoms with Gasteiger partial charge in [0.15, 0.2) is 0 Å². The molecule has 0 aliphatic carbocycles. The molecule has 0 fully saturated rings. The van der Waals surface area contributed by atoms with Crippen molar-refractivity contribution in [3.8, 4) is 0 Å². The van der Waals surface area contributed by atoms with Crippen molar-refractivity contribution in [2.24, 2.45) is 5.73 Å². The van der Waals surface area contributed by atoms with Crippen molar-refractivity contribution in [2.45, 2.75) is 168 Å². The van der Waals surface area contributed by atoms with Gasteiger partial charge in [0, 0.05) is 19.6 Å². The Morgan fingerprint density at radius 3 is 1.74 bits per heavy atom. The predicted molar refractivity (Wildman–Crippen MR) is 196 cm³/mol. The number of esters is 1. The van der Waals surface area contributed by atoms with Crippen molar-refractivity contribution >= 4 is 13.8 Å². The van der Waals surface area contributed by atoms with E-state index in [0.717, 1.165) is 57.8 Å². The number of hydrogen-bond acceptors (Lipinski definition) is 7. The third kappa shape index (κ3) is 35.8.